The number of amides is 1. The SMILES string of the molecule is COC(=O)[C@H](NC(=O)OC(C)(C)C)[C@@H]1OC(C)(C)O[C@@H]1CO[Si](c1ccccc1)(c1ccccc1)C(C)(C)C. The topological polar surface area (TPSA) is 92.3 Å². The lowest BCUT2D eigenvalue weighted by Gasteiger charge is -2.43. The molecule has 0 spiro atoms. The van der Waals surface area contributed by atoms with Crippen molar-refractivity contribution < 1.29 is 33.0 Å². The quantitative estimate of drug-likeness (QED) is 0.385. The Kier molecular flexibility index (Phi) is 9.32. The van der Waals surface area contributed by atoms with Crippen LogP contribution in [-0.4, -0.2) is 63.7 Å². The molecular formula is C30H43NO7Si. The molecule has 214 valence electrons. The van der Waals surface area contributed by atoms with Gasteiger partial charge in [-0.1, -0.05) is 81.4 Å². The van der Waals surface area contributed by atoms with E-state index < -0.39 is 50.0 Å². The molecule has 9 heteroatoms. The number of carbonyl (C=O) groups is 2. The van der Waals surface area contributed by atoms with E-state index in [1.807, 2.05) is 36.4 Å². The molecule has 1 N–H and O–H groups in total. The molecule has 2 aromatic carbocycles. The number of rotatable bonds is 8. The lowest BCUT2D eigenvalue weighted by molar-refractivity contribution is -0.159. The van der Waals surface area contributed by atoms with Crippen LogP contribution in [0, 0.1) is 0 Å². The number of nitrogens with one attached hydrogen (secondary N) is 1. The molecule has 0 radical (unpaired) electrons. The van der Waals surface area contributed by atoms with Gasteiger partial charge in [0.15, 0.2) is 11.8 Å². The summed E-state index contributed by atoms with van der Waals surface area (Å²) in [6, 6.07) is 19.3. The van der Waals surface area contributed by atoms with E-state index in [-0.39, 0.29) is 11.6 Å². The summed E-state index contributed by atoms with van der Waals surface area (Å²) >= 11 is 0. The van der Waals surface area contributed by atoms with Crippen molar-refractivity contribution in [2.75, 3.05) is 13.7 Å². The molecule has 0 bridgehead atoms. The smallest absolute Gasteiger partial charge is 0.408 e. The van der Waals surface area contributed by atoms with Crippen LogP contribution < -0.4 is 15.7 Å². The zero-order valence-electron chi connectivity index (χ0n) is 24.6. The van der Waals surface area contributed by atoms with E-state index in [1.54, 1.807) is 34.6 Å². The first kappa shape index (κ1) is 30.8. The third kappa shape index (κ3) is 7.28. The van der Waals surface area contributed by atoms with Crippen molar-refractivity contribution in [3.63, 3.8) is 0 Å². The van der Waals surface area contributed by atoms with Crippen molar-refractivity contribution in [2.45, 2.75) is 90.1 Å². The minimum Gasteiger partial charge on any atom is -0.467 e. The fourth-order valence-corrected chi connectivity index (χ4v) is 9.65. The highest BCUT2D eigenvalue weighted by Crippen LogP contribution is 2.38. The molecule has 0 aliphatic carbocycles. The maximum absolute atomic E-state index is 12.9. The van der Waals surface area contributed by atoms with E-state index in [0.717, 1.165) is 10.4 Å². The third-order valence-electron chi connectivity index (χ3n) is 6.56. The predicted molar refractivity (Wildman–Crippen MR) is 153 cm³/mol. The number of hydrogen-bond acceptors (Lipinski definition) is 7. The first-order valence-electron chi connectivity index (χ1n) is 13.3. The number of esters is 1. The average Bonchev–Trinajstić information content (AvgIpc) is 3.16. The van der Waals surface area contributed by atoms with Crippen LogP contribution in [0.15, 0.2) is 60.7 Å². The Hall–Kier alpha value is -2.72. The fourth-order valence-electron chi connectivity index (χ4n) is 5.08. The number of hydrogen-bond donors (Lipinski definition) is 1. The Morgan fingerprint density at radius 3 is 1.87 bits per heavy atom. The summed E-state index contributed by atoms with van der Waals surface area (Å²) in [5.41, 5.74) is -0.747. The summed E-state index contributed by atoms with van der Waals surface area (Å²) < 4.78 is 30.0. The molecule has 2 aromatic rings. The molecule has 0 unspecified atom stereocenters. The van der Waals surface area contributed by atoms with Crippen molar-refractivity contribution in [2.24, 2.45) is 0 Å². The zero-order chi connectivity index (χ0) is 29.1. The summed E-state index contributed by atoms with van der Waals surface area (Å²) in [4.78, 5) is 25.6. The van der Waals surface area contributed by atoms with E-state index in [4.69, 9.17) is 23.4 Å². The summed E-state index contributed by atoms with van der Waals surface area (Å²) in [7, 11) is -1.63. The maximum Gasteiger partial charge on any atom is 0.408 e. The fraction of sp³-hybridized carbons (Fsp3) is 0.533. The minimum atomic E-state index is -2.89. The van der Waals surface area contributed by atoms with E-state index >= 15 is 0 Å². The molecular weight excluding hydrogens is 514 g/mol. The Balaban J connectivity index is 2.00. The van der Waals surface area contributed by atoms with Crippen molar-refractivity contribution in [1.82, 2.24) is 5.32 Å². The van der Waals surface area contributed by atoms with Crippen molar-refractivity contribution in [1.29, 1.82) is 0 Å². The van der Waals surface area contributed by atoms with E-state index in [2.05, 4.69) is 50.4 Å². The Morgan fingerprint density at radius 1 is 0.923 bits per heavy atom. The van der Waals surface area contributed by atoms with Crippen molar-refractivity contribution in [3.05, 3.63) is 60.7 Å². The van der Waals surface area contributed by atoms with Crippen LogP contribution in [-0.2, 0) is 28.2 Å². The van der Waals surface area contributed by atoms with E-state index in [0.29, 0.717) is 0 Å². The van der Waals surface area contributed by atoms with Crippen LogP contribution in [0.5, 0.6) is 0 Å². The zero-order valence-corrected chi connectivity index (χ0v) is 25.6. The lowest BCUT2D eigenvalue weighted by Crippen LogP contribution is -2.67. The summed E-state index contributed by atoms with van der Waals surface area (Å²) in [6.45, 7) is 15.5. The molecule has 1 aliphatic rings. The lowest BCUT2D eigenvalue weighted by atomic mass is 10.1. The number of benzene rings is 2. The maximum atomic E-state index is 12.9. The number of methoxy groups -OCH3 is 1. The van der Waals surface area contributed by atoms with Gasteiger partial charge in [-0.15, -0.1) is 0 Å². The first-order valence-corrected chi connectivity index (χ1v) is 15.2. The molecule has 0 saturated carbocycles. The standard InChI is InChI=1S/C30H43NO7Si/c1-28(2,3)38-27(33)31-24(26(32)34-9)25-23(36-30(7,8)37-25)20-35-39(29(4,5)6,21-16-12-10-13-17-21)22-18-14-11-15-19-22/h10-19,23-25H,20H2,1-9H3,(H,31,33)/t23-,24-,25-/m1/s1. The summed E-state index contributed by atoms with van der Waals surface area (Å²) in [5.74, 6) is -1.69. The number of alkyl carbamates (subject to hydrolysis) is 1. The molecule has 1 heterocycles. The molecule has 1 amide bonds. The average molecular weight is 558 g/mol. The second-order valence-corrected chi connectivity index (χ2v) is 16.6. The van der Waals surface area contributed by atoms with Gasteiger partial charge >= 0.3 is 12.1 Å². The highest BCUT2D eigenvalue weighted by molar-refractivity contribution is 6.99. The largest absolute Gasteiger partial charge is 0.467 e. The van der Waals surface area contributed by atoms with Crippen LogP contribution in [0.2, 0.25) is 5.04 Å². The molecule has 1 aliphatic heterocycles. The molecule has 39 heavy (non-hydrogen) atoms. The van der Waals surface area contributed by atoms with Gasteiger partial charge in [0.1, 0.15) is 17.8 Å². The van der Waals surface area contributed by atoms with Gasteiger partial charge in [0.05, 0.1) is 13.7 Å². The predicted octanol–water partition coefficient (Wildman–Crippen LogP) is 4.15. The van der Waals surface area contributed by atoms with Crippen LogP contribution in [0.3, 0.4) is 0 Å². The molecule has 3 atom stereocenters. The molecule has 1 fully saturated rings. The van der Waals surface area contributed by atoms with Crippen LogP contribution in [0.1, 0.15) is 55.4 Å². The Labute approximate surface area is 233 Å². The molecule has 8 nitrogen and oxygen atoms in total. The van der Waals surface area contributed by atoms with Gasteiger partial charge in [-0.3, -0.25) is 0 Å². The number of ether oxygens (including phenoxy) is 4. The van der Waals surface area contributed by atoms with Gasteiger partial charge in [0, 0.05) is 0 Å². The molecule has 0 aromatic heterocycles. The van der Waals surface area contributed by atoms with Gasteiger partial charge in [-0.25, -0.2) is 9.59 Å². The summed E-state index contributed by atoms with van der Waals surface area (Å²) in [5, 5.41) is 4.63. The normalized spacial score (nSPS) is 20.2. The monoisotopic (exact) mass is 557 g/mol. The number of carbonyl (C=O) groups excluding carboxylic acids is 2. The van der Waals surface area contributed by atoms with Crippen LogP contribution in [0.4, 0.5) is 4.79 Å². The van der Waals surface area contributed by atoms with Gasteiger partial charge in [-0.05, 0) is 50.0 Å². The second kappa shape index (κ2) is 11.8. The molecule has 1 saturated heterocycles. The van der Waals surface area contributed by atoms with E-state index in [9.17, 15) is 9.59 Å². The highest BCUT2D eigenvalue weighted by atomic mass is 28.4. The van der Waals surface area contributed by atoms with Crippen molar-refractivity contribution in [3.8, 4) is 0 Å². The Bertz CT molecular complexity index is 1070. The van der Waals surface area contributed by atoms with Gasteiger partial charge in [-0.2, -0.15) is 0 Å². The summed E-state index contributed by atoms with van der Waals surface area (Å²) in [6.07, 6.45) is -2.31. The Morgan fingerprint density at radius 2 is 1.44 bits per heavy atom. The van der Waals surface area contributed by atoms with Gasteiger partial charge in [0.2, 0.25) is 0 Å². The highest BCUT2D eigenvalue weighted by Gasteiger charge is 2.53. The van der Waals surface area contributed by atoms with E-state index in [1.165, 1.54) is 7.11 Å². The first-order chi connectivity index (χ1) is 18.1. The second-order valence-electron chi connectivity index (χ2n) is 12.3. The van der Waals surface area contributed by atoms with Gasteiger partial charge in [0.25, 0.3) is 8.32 Å². The minimum absolute atomic E-state index is 0.130. The third-order valence-corrected chi connectivity index (χ3v) is 11.6. The van der Waals surface area contributed by atoms with Gasteiger partial charge < -0.3 is 28.7 Å². The van der Waals surface area contributed by atoms with Crippen LogP contribution >= 0.6 is 0 Å². The van der Waals surface area contributed by atoms with Crippen molar-refractivity contribution >= 4 is 30.8 Å². The van der Waals surface area contributed by atoms with Crippen LogP contribution in [0.25, 0.3) is 0 Å². The molecule has 3 rings (SSSR count).